The summed E-state index contributed by atoms with van der Waals surface area (Å²) in [6.45, 7) is 9.21. The highest BCUT2D eigenvalue weighted by Gasteiger charge is 2.15. The van der Waals surface area contributed by atoms with E-state index < -0.39 is 0 Å². The third-order valence-electron chi connectivity index (χ3n) is 5.49. The minimum Gasteiger partial charge on any atom is -0.346 e. The smallest absolute Gasteiger partial charge is 0.249 e. The van der Waals surface area contributed by atoms with Gasteiger partial charge in [-0.2, -0.15) is 0 Å². The maximum atomic E-state index is 12.6. The fourth-order valence-electron chi connectivity index (χ4n) is 3.59. The summed E-state index contributed by atoms with van der Waals surface area (Å²) in [5, 5.41) is 2.87. The predicted octanol–water partition coefficient (Wildman–Crippen LogP) is 5.87. The average molecular weight is 468 g/mol. The molecule has 1 aromatic rings. The zero-order valence-corrected chi connectivity index (χ0v) is 21.4. The molecule has 0 aliphatic rings. The topological polar surface area (TPSA) is 53.5 Å². The quantitative estimate of drug-likeness (QED) is 0.341. The molecule has 2 amide bonds. The molecule has 174 valence electrons. The van der Waals surface area contributed by atoms with Gasteiger partial charge in [0.05, 0.1) is 6.54 Å². The van der Waals surface area contributed by atoms with E-state index in [9.17, 15) is 9.59 Å². The molecule has 2 atom stereocenters. The highest BCUT2D eigenvalue weighted by Crippen LogP contribution is 2.23. The third-order valence-corrected chi connectivity index (χ3v) is 6.56. The first-order chi connectivity index (χ1) is 14.6. The van der Waals surface area contributed by atoms with Crippen LogP contribution in [0.5, 0.6) is 0 Å². The van der Waals surface area contributed by atoms with Crippen molar-refractivity contribution in [2.24, 2.45) is 11.8 Å². The maximum Gasteiger partial charge on any atom is 0.249 e. The number of thiazole rings is 1. The Labute approximate surface area is 197 Å². The van der Waals surface area contributed by atoms with E-state index in [0.29, 0.717) is 18.4 Å². The van der Waals surface area contributed by atoms with Crippen LogP contribution in [-0.4, -0.2) is 47.2 Å². The molecule has 0 aliphatic carbocycles. The summed E-state index contributed by atoms with van der Waals surface area (Å²) < 4.78 is 0. The van der Waals surface area contributed by atoms with Crippen LogP contribution in [0.1, 0.15) is 64.8 Å². The molecule has 0 radical (unpaired) electrons. The van der Waals surface area contributed by atoms with Crippen LogP contribution in [0, 0.1) is 11.8 Å². The maximum absolute atomic E-state index is 12.6. The van der Waals surface area contributed by atoms with E-state index >= 15 is 0 Å². The fraction of sp³-hybridized carbons (Fsp3) is 0.625. The van der Waals surface area contributed by atoms with E-state index in [1.54, 1.807) is 39.8 Å². The summed E-state index contributed by atoms with van der Waals surface area (Å²) in [4.78, 5) is 31.6. The lowest BCUT2D eigenvalue weighted by Gasteiger charge is -2.19. The van der Waals surface area contributed by atoms with Crippen LogP contribution < -0.4 is 0 Å². The zero-order valence-electron chi connectivity index (χ0n) is 19.9. The molecule has 0 fully saturated rings. The van der Waals surface area contributed by atoms with Crippen molar-refractivity contribution in [1.29, 1.82) is 0 Å². The van der Waals surface area contributed by atoms with Crippen LogP contribution in [-0.2, 0) is 16.1 Å². The molecule has 1 heterocycles. The van der Waals surface area contributed by atoms with Crippen molar-refractivity contribution in [3.05, 3.63) is 39.3 Å². The first kappa shape index (κ1) is 27.4. The molecule has 1 rings (SSSR count). The number of carbonyl (C=O) groups excluding carboxylic acids is 2. The fourth-order valence-corrected chi connectivity index (χ4v) is 4.48. The Morgan fingerprint density at radius 2 is 1.90 bits per heavy atom. The normalized spacial score (nSPS) is 14.3. The average Bonchev–Trinajstić information content (AvgIpc) is 3.22. The van der Waals surface area contributed by atoms with Crippen molar-refractivity contribution in [3.63, 3.8) is 0 Å². The summed E-state index contributed by atoms with van der Waals surface area (Å²) in [5.74, 6) is 1.02. The monoisotopic (exact) mass is 467 g/mol. The van der Waals surface area contributed by atoms with E-state index in [-0.39, 0.29) is 11.8 Å². The number of hydrogen-bond donors (Lipinski definition) is 0. The molecule has 0 saturated heterocycles. The lowest BCUT2D eigenvalue weighted by Crippen LogP contribution is -2.27. The molecule has 0 aliphatic heterocycles. The van der Waals surface area contributed by atoms with Gasteiger partial charge in [0.25, 0.3) is 0 Å². The number of amides is 2. The predicted molar refractivity (Wildman–Crippen MR) is 131 cm³/mol. The number of rotatable bonds is 13. The van der Waals surface area contributed by atoms with Gasteiger partial charge in [-0.3, -0.25) is 9.59 Å². The molecule has 0 bridgehead atoms. The second kappa shape index (κ2) is 14.4. The SMILES string of the molecule is CC(=O)N(C)CCC/C(=C\Cl)CC[C@H](C)C[C@@H](C)/C=C(\C)C(=O)N(C)Cc1nccs1. The van der Waals surface area contributed by atoms with Gasteiger partial charge >= 0.3 is 0 Å². The zero-order chi connectivity index (χ0) is 23.4. The van der Waals surface area contributed by atoms with E-state index in [1.165, 1.54) is 5.57 Å². The summed E-state index contributed by atoms with van der Waals surface area (Å²) in [7, 11) is 3.65. The number of allylic oxidation sites excluding steroid dienone is 2. The Kier molecular flexibility index (Phi) is 12.7. The van der Waals surface area contributed by atoms with Gasteiger partial charge in [-0.05, 0) is 50.9 Å². The van der Waals surface area contributed by atoms with Crippen LogP contribution in [0.3, 0.4) is 0 Å². The lowest BCUT2D eigenvalue weighted by atomic mass is 9.90. The molecular formula is C24H38ClN3O2S. The van der Waals surface area contributed by atoms with E-state index in [4.69, 9.17) is 11.6 Å². The largest absolute Gasteiger partial charge is 0.346 e. The Bertz CT molecular complexity index is 746. The first-order valence-corrected chi connectivity index (χ1v) is 12.3. The molecule has 31 heavy (non-hydrogen) atoms. The number of halogens is 1. The van der Waals surface area contributed by atoms with Gasteiger partial charge in [-0.1, -0.05) is 37.1 Å². The van der Waals surface area contributed by atoms with Crippen LogP contribution in [0.2, 0.25) is 0 Å². The van der Waals surface area contributed by atoms with Crippen molar-refractivity contribution in [2.75, 3.05) is 20.6 Å². The molecule has 0 unspecified atom stereocenters. The van der Waals surface area contributed by atoms with Gasteiger partial charge in [0.1, 0.15) is 5.01 Å². The highest BCUT2D eigenvalue weighted by atomic mass is 35.5. The van der Waals surface area contributed by atoms with E-state index in [0.717, 1.165) is 49.2 Å². The highest BCUT2D eigenvalue weighted by molar-refractivity contribution is 7.09. The van der Waals surface area contributed by atoms with Crippen LogP contribution >= 0.6 is 22.9 Å². The van der Waals surface area contributed by atoms with Gasteiger partial charge in [0.2, 0.25) is 11.8 Å². The van der Waals surface area contributed by atoms with Crippen molar-refractivity contribution in [2.45, 2.75) is 66.3 Å². The summed E-state index contributed by atoms with van der Waals surface area (Å²) >= 11 is 7.58. The third kappa shape index (κ3) is 11.0. The number of nitrogens with zero attached hydrogens (tertiary/aromatic N) is 3. The second-order valence-corrected chi connectivity index (χ2v) is 9.80. The van der Waals surface area contributed by atoms with Crippen molar-refractivity contribution < 1.29 is 9.59 Å². The summed E-state index contributed by atoms with van der Waals surface area (Å²) in [6.07, 6.45) is 8.77. The minimum atomic E-state index is 0.0533. The number of aromatic nitrogens is 1. The minimum absolute atomic E-state index is 0.0533. The molecular weight excluding hydrogens is 430 g/mol. The van der Waals surface area contributed by atoms with Gasteiger partial charge < -0.3 is 9.80 Å². The van der Waals surface area contributed by atoms with Crippen molar-refractivity contribution in [3.8, 4) is 0 Å². The Hall–Kier alpha value is -1.66. The Morgan fingerprint density at radius 3 is 2.48 bits per heavy atom. The number of likely N-dealkylation sites (N-methyl/N-ethyl adjacent to an activating group) is 1. The molecule has 1 aromatic heterocycles. The molecule has 7 heteroatoms. The Balaban J connectivity index is 2.41. The lowest BCUT2D eigenvalue weighted by molar-refractivity contribution is -0.127. The first-order valence-electron chi connectivity index (χ1n) is 11.0. The van der Waals surface area contributed by atoms with Gasteiger partial charge in [0.15, 0.2) is 0 Å². The van der Waals surface area contributed by atoms with E-state index in [1.807, 2.05) is 26.4 Å². The molecule has 0 saturated carbocycles. The van der Waals surface area contributed by atoms with Gasteiger partial charge in [0, 0.05) is 50.2 Å². The van der Waals surface area contributed by atoms with Crippen LogP contribution in [0.25, 0.3) is 0 Å². The Morgan fingerprint density at radius 1 is 1.19 bits per heavy atom. The van der Waals surface area contributed by atoms with E-state index in [2.05, 4.69) is 24.9 Å². The van der Waals surface area contributed by atoms with Crippen LogP contribution in [0.4, 0.5) is 0 Å². The van der Waals surface area contributed by atoms with Gasteiger partial charge in [-0.25, -0.2) is 4.98 Å². The molecule has 0 N–H and O–H groups in total. The van der Waals surface area contributed by atoms with Gasteiger partial charge in [-0.15, -0.1) is 11.3 Å². The standard InChI is InChI=1S/C24H38ClN3O2S/c1-18(9-10-22(16-25)8-7-12-27(5)21(4)29)14-19(2)15-20(3)24(30)28(6)17-23-26-11-13-31-23/h11,13,15-16,18-19H,7-10,12,14,17H2,1-6H3/b20-15+,22-16+/t18-,19+/m0/s1. The summed E-state index contributed by atoms with van der Waals surface area (Å²) in [5.41, 5.74) is 3.73. The van der Waals surface area contributed by atoms with Crippen molar-refractivity contribution >= 4 is 34.8 Å². The number of hydrogen-bond acceptors (Lipinski definition) is 4. The molecule has 0 spiro atoms. The molecule has 5 nitrogen and oxygen atoms in total. The molecule has 0 aromatic carbocycles. The number of carbonyl (C=O) groups is 2. The van der Waals surface area contributed by atoms with Crippen molar-refractivity contribution in [1.82, 2.24) is 14.8 Å². The second-order valence-electron chi connectivity index (χ2n) is 8.61. The summed E-state index contributed by atoms with van der Waals surface area (Å²) in [6, 6.07) is 0. The van der Waals surface area contributed by atoms with Crippen LogP contribution in [0.15, 0.2) is 34.3 Å².